The van der Waals surface area contributed by atoms with Gasteiger partial charge in [0.05, 0.1) is 6.61 Å². The number of ketones is 1. The number of esters is 1. The monoisotopic (exact) mass is 340 g/mol. The van der Waals surface area contributed by atoms with Crippen molar-refractivity contribution in [3.8, 4) is 5.75 Å². The van der Waals surface area contributed by atoms with E-state index in [-0.39, 0.29) is 18.4 Å². The van der Waals surface area contributed by atoms with Crippen molar-refractivity contribution < 1.29 is 32.6 Å². The van der Waals surface area contributed by atoms with Crippen molar-refractivity contribution in [1.82, 2.24) is 0 Å². The Morgan fingerprint density at radius 2 is 1.88 bits per heavy atom. The number of alkyl halides is 3. The second kappa shape index (κ2) is 6.90. The average Bonchev–Trinajstić information content (AvgIpc) is 2.51. The summed E-state index contributed by atoms with van der Waals surface area (Å²) in [6, 6.07) is 6.96. The zero-order chi connectivity index (χ0) is 17.9. The molecule has 2 aromatic rings. The van der Waals surface area contributed by atoms with E-state index in [1.807, 2.05) is 0 Å². The Kier molecular flexibility index (Phi) is 5.11. The fourth-order valence-electron chi connectivity index (χ4n) is 2.39. The largest absolute Gasteiger partial charge is 0.507 e. The van der Waals surface area contributed by atoms with Crippen molar-refractivity contribution in [2.24, 2.45) is 0 Å². The van der Waals surface area contributed by atoms with E-state index in [0.717, 1.165) is 6.07 Å². The molecular formula is C17H15F3O4. The molecule has 0 fully saturated rings. The van der Waals surface area contributed by atoms with Crippen LogP contribution >= 0.6 is 0 Å². The molecule has 0 aliphatic rings. The number of hydrogen-bond acceptors (Lipinski definition) is 4. The predicted molar refractivity (Wildman–Crippen MR) is 80.8 cm³/mol. The van der Waals surface area contributed by atoms with Crippen LogP contribution in [-0.4, -0.2) is 23.5 Å². The van der Waals surface area contributed by atoms with E-state index in [0.29, 0.717) is 5.39 Å². The second-order valence-corrected chi connectivity index (χ2v) is 5.11. The molecule has 4 nitrogen and oxygen atoms in total. The highest BCUT2D eigenvalue weighted by Crippen LogP contribution is 2.42. The maximum Gasteiger partial charge on any atom is 0.420 e. The molecule has 0 atom stereocenters. The van der Waals surface area contributed by atoms with E-state index >= 15 is 0 Å². The minimum Gasteiger partial charge on any atom is -0.507 e. The summed E-state index contributed by atoms with van der Waals surface area (Å²) in [5, 5.41) is 10.2. The van der Waals surface area contributed by atoms with Gasteiger partial charge in [-0.15, -0.1) is 0 Å². The lowest BCUT2D eigenvalue weighted by atomic mass is 9.93. The fraction of sp³-hybridized carbons (Fsp3) is 0.294. The number of ether oxygens (including phenoxy) is 1. The summed E-state index contributed by atoms with van der Waals surface area (Å²) in [7, 11) is 0. The number of phenolic OH excluding ortho intramolecular Hbond substituents is 1. The minimum absolute atomic E-state index is 0.0921. The molecule has 0 heterocycles. The van der Waals surface area contributed by atoms with Crippen molar-refractivity contribution >= 4 is 22.5 Å². The molecule has 0 bridgehead atoms. The summed E-state index contributed by atoms with van der Waals surface area (Å²) in [6.45, 7) is 1.25. The predicted octanol–water partition coefficient (Wildman–Crippen LogP) is 4.09. The number of aromatic hydroxyl groups is 1. The normalized spacial score (nSPS) is 11.5. The van der Waals surface area contributed by atoms with Crippen molar-refractivity contribution in [3.05, 3.63) is 41.5 Å². The van der Waals surface area contributed by atoms with Crippen LogP contribution < -0.4 is 0 Å². The molecule has 0 aliphatic heterocycles. The van der Waals surface area contributed by atoms with Gasteiger partial charge in [-0.2, -0.15) is 13.2 Å². The Bertz CT molecular complexity index is 781. The number of carbonyl (C=O) groups is 2. The van der Waals surface area contributed by atoms with Crippen LogP contribution in [-0.2, 0) is 15.7 Å². The maximum atomic E-state index is 13.3. The molecule has 0 aliphatic carbocycles. The molecule has 128 valence electrons. The average molecular weight is 340 g/mol. The SMILES string of the molecule is CCC(=O)OCCC(=O)c1c(C(F)(F)F)c(O)cc2ccccc12. The van der Waals surface area contributed by atoms with Gasteiger partial charge in [-0.05, 0) is 16.8 Å². The number of Topliss-reactive ketones (excluding diaryl/α,β-unsaturated/α-hetero) is 1. The van der Waals surface area contributed by atoms with Crippen LogP contribution in [0.3, 0.4) is 0 Å². The van der Waals surface area contributed by atoms with Gasteiger partial charge in [-0.1, -0.05) is 31.2 Å². The summed E-state index contributed by atoms with van der Waals surface area (Å²) < 4.78 is 44.7. The molecule has 1 N–H and O–H groups in total. The van der Waals surface area contributed by atoms with Gasteiger partial charge >= 0.3 is 12.1 Å². The van der Waals surface area contributed by atoms with Gasteiger partial charge in [0.25, 0.3) is 0 Å². The zero-order valence-electron chi connectivity index (χ0n) is 12.8. The van der Waals surface area contributed by atoms with Crippen LogP contribution in [0, 0.1) is 0 Å². The smallest absolute Gasteiger partial charge is 0.420 e. The summed E-state index contributed by atoms with van der Waals surface area (Å²) in [5.41, 5.74) is -1.97. The lowest BCUT2D eigenvalue weighted by molar-refractivity contribution is -0.143. The summed E-state index contributed by atoms with van der Waals surface area (Å²) in [5.74, 6) is -2.40. The zero-order valence-corrected chi connectivity index (χ0v) is 12.8. The molecule has 0 saturated heterocycles. The van der Waals surface area contributed by atoms with Crippen LogP contribution in [0.15, 0.2) is 30.3 Å². The van der Waals surface area contributed by atoms with E-state index in [9.17, 15) is 27.9 Å². The topological polar surface area (TPSA) is 63.6 Å². The molecule has 0 spiro atoms. The molecular weight excluding hydrogens is 325 g/mol. The number of carbonyl (C=O) groups excluding carboxylic acids is 2. The van der Waals surface area contributed by atoms with Gasteiger partial charge in [0.2, 0.25) is 0 Å². The molecule has 0 aromatic heterocycles. The Hall–Kier alpha value is -2.57. The maximum absolute atomic E-state index is 13.3. The Morgan fingerprint density at radius 3 is 2.50 bits per heavy atom. The molecule has 0 radical (unpaired) electrons. The first-order chi connectivity index (χ1) is 11.3. The van der Waals surface area contributed by atoms with Crippen LogP contribution in [0.2, 0.25) is 0 Å². The third-order valence-corrected chi connectivity index (χ3v) is 3.47. The van der Waals surface area contributed by atoms with Gasteiger partial charge in [0.15, 0.2) is 5.78 Å². The summed E-state index contributed by atoms with van der Waals surface area (Å²) in [6.07, 6.45) is -5.18. The Morgan fingerprint density at radius 1 is 1.21 bits per heavy atom. The standard InChI is InChI=1S/C17H15F3O4/c1-2-14(23)24-8-7-12(21)15-11-6-4-3-5-10(11)9-13(22)16(15)17(18,19)20/h3-6,9,22H,2,7-8H2,1H3. The fourth-order valence-corrected chi connectivity index (χ4v) is 2.39. The van der Waals surface area contributed by atoms with E-state index in [1.54, 1.807) is 13.0 Å². The highest BCUT2D eigenvalue weighted by atomic mass is 19.4. The molecule has 0 saturated carbocycles. The van der Waals surface area contributed by atoms with Gasteiger partial charge < -0.3 is 9.84 Å². The van der Waals surface area contributed by atoms with Gasteiger partial charge in [0, 0.05) is 18.4 Å². The first kappa shape index (κ1) is 17.8. The second-order valence-electron chi connectivity index (χ2n) is 5.11. The number of phenols is 1. The molecule has 2 rings (SSSR count). The van der Waals surface area contributed by atoms with Gasteiger partial charge in [-0.3, -0.25) is 9.59 Å². The molecule has 7 heteroatoms. The lowest BCUT2D eigenvalue weighted by Crippen LogP contribution is -2.16. The number of benzene rings is 2. The van der Waals surface area contributed by atoms with Crippen LogP contribution in [0.5, 0.6) is 5.75 Å². The third kappa shape index (κ3) is 3.67. The van der Waals surface area contributed by atoms with Crippen molar-refractivity contribution in [2.45, 2.75) is 25.9 Å². The van der Waals surface area contributed by atoms with Crippen molar-refractivity contribution in [1.29, 1.82) is 0 Å². The van der Waals surface area contributed by atoms with Gasteiger partial charge in [-0.25, -0.2) is 0 Å². The first-order valence-electron chi connectivity index (χ1n) is 7.26. The number of rotatable bonds is 5. The molecule has 2 aromatic carbocycles. The lowest BCUT2D eigenvalue weighted by Gasteiger charge is -2.16. The molecule has 0 amide bonds. The highest BCUT2D eigenvalue weighted by molar-refractivity contribution is 6.10. The van der Waals surface area contributed by atoms with E-state index in [1.165, 1.54) is 18.2 Å². The van der Waals surface area contributed by atoms with Gasteiger partial charge in [0.1, 0.15) is 11.3 Å². The van der Waals surface area contributed by atoms with E-state index in [2.05, 4.69) is 0 Å². The number of hydrogen-bond donors (Lipinski definition) is 1. The number of fused-ring (bicyclic) bond motifs is 1. The van der Waals surface area contributed by atoms with Crippen LogP contribution in [0.1, 0.15) is 35.7 Å². The Balaban J connectivity index is 2.49. The summed E-state index contributed by atoms with van der Waals surface area (Å²) >= 11 is 0. The van der Waals surface area contributed by atoms with Crippen LogP contribution in [0.25, 0.3) is 10.8 Å². The Labute approximate surface area is 135 Å². The van der Waals surface area contributed by atoms with Crippen molar-refractivity contribution in [3.63, 3.8) is 0 Å². The molecule has 0 unspecified atom stereocenters. The van der Waals surface area contributed by atoms with Crippen molar-refractivity contribution in [2.75, 3.05) is 6.61 Å². The molecule has 24 heavy (non-hydrogen) atoms. The third-order valence-electron chi connectivity index (χ3n) is 3.47. The quantitative estimate of drug-likeness (QED) is 0.658. The first-order valence-corrected chi connectivity index (χ1v) is 7.26. The highest BCUT2D eigenvalue weighted by Gasteiger charge is 2.39. The minimum atomic E-state index is -4.89. The summed E-state index contributed by atoms with van der Waals surface area (Å²) in [4.78, 5) is 23.4. The van der Waals surface area contributed by atoms with E-state index < -0.39 is 41.2 Å². The number of halogens is 3. The van der Waals surface area contributed by atoms with Crippen LogP contribution in [0.4, 0.5) is 13.2 Å². The van der Waals surface area contributed by atoms with E-state index in [4.69, 9.17) is 4.74 Å².